The number of rotatable bonds is 4. The van der Waals surface area contributed by atoms with E-state index in [9.17, 15) is 0 Å². The second-order valence-corrected chi connectivity index (χ2v) is 9.05. The highest BCUT2D eigenvalue weighted by atomic mass is 35.5. The molecule has 0 atom stereocenters. The van der Waals surface area contributed by atoms with Crippen LogP contribution >= 0.6 is 24.8 Å². The molecule has 5 heteroatoms. The van der Waals surface area contributed by atoms with Gasteiger partial charge in [0.05, 0.1) is 17.4 Å². The van der Waals surface area contributed by atoms with Crippen LogP contribution in [-0.4, -0.2) is 16.0 Å². The molecule has 3 nitrogen and oxygen atoms in total. The lowest BCUT2D eigenvalue weighted by molar-refractivity contribution is 0.206. The lowest BCUT2D eigenvalue weighted by Crippen LogP contribution is -2.35. The first kappa shape index (κ1) is 23.7. The Hall–Kier alpha value is -1.55. The van der Waals surface area contributed by atoms with Crippen LogP contribution in [0.4, 0.5) is 0 Å². The first-order chi connectivity index (χ1) is 12.9. The van der Waals surface area contributed by atoms with Gasteiger partial charge in [0.15, 0.2) is 0 Å². The fourth-order valence-corrected chi connectivity index (χ4v) is 4.32. The third kappa shape index (κ3) is 5.33. The van der Waals surface area contributed by atoms with E-state index >= 15 is 0 Å². The van der Waals surface area contributed by atoms with Crippen molar-refractivity contribution in [2.75, 3.05) is 0 Å². The van der Waals surface area contributed by atoms with Crippen molar-refractivity contribution in [1.82, 2.24) is 15.3 Å². The highest BCUT2D eigenvalue weighted by Gasteiger charge is 2.26. The van der Waals surface area contributed by atoms with E-state index in [2.05, 4.69) is 73.3 Å². The topological polar surface area (TPSA) is 40.7 Å². The quantitative estimate of drug-likeness (QED) is 0.477. The Labute approximate surface area is 186 Å². The summed E-state index contributed by atoms with van der Waals surface area (Å²) in [6.07, 6.45) is 7.02. The van der Waals surface area contributed by atoms with Crippen LogP contribution < -0.4 is 5.32 Å². The molecule has 0 spiro atoms. The van der Waals surface area contributed by atoms with Crippen molar-refractivity contribution in [2.24, 2.45) is 5.41 Å². The molecule has 1 heterocycles. The molecule has 2 aromatic carbocycles. The summed E-state index contributed by atoms with van der Waals surface area (Å²) in [6.45, 7) is 10.2. The Kier molecular flexibility index (Phi) is 7.78. The van der Waals surface area contributed by atoms with Gasteiger partial charge in [-0.3, -0.25) is 0 Å². The van der Waals surface area contributed by atoms with Crippen molar-refractivity contribution >= 4 is 35.8 Å². The molecule has 0 radical (unpaired) electrons. The minimum atomic E-state index is 0. The summed E-state index contributed by atoms with van der Waals surface area (Å²) in [5, 5.41) is 3.79. The van der Waals surface area contributed by atoms with Gasteiger partial charge < -0.3 is 10.3 Å². The van der Waals surface area contributed by atoms with Crippen LogP contribution in [0.1, 0.15) is 56.2 Å². The van der Waals surface area contributed by atoms with Gasteiger partial charge in [-0.2, -0.15) is 0 Å². The third-order valence-corrected chi connectivity index (χ3v) is 6.34. The minimum Gasteiger partial charge on any atom is -0.345 e. The van der Waals surface area contributed by atoms with E-state index in [0.29, 0.717) is 11.5 Å². The maximum Gasteiger partial charge on any atom is 0.0931 e. The number of H-pyrrole nitrogens is 1. The summed E-state index contributed by atoms with van der Waals surface area (Å²) in [5.74, 6) is 0. The SMILES string of the molecule is Cc1cc(-c2cc3nc[nH]c3cc2C)ccc1CNC1CCC(C)(C)CC1.Cl.Cl. The monoisotopic (exact) mass is 433 g/mol. The zero-order valence-corrected chi connectivity index (χ0v) is 19.5. The van der Waals surface area contributed by atoms with E-state index in [-0.39, 0.29) is 24.8 Å². The van der Waals surface area contributed by atoms with Gasteiger partial charge in [-0.15, -0.1) is 24.8 Å². The predicted molar refractivity (Wildman–Crippen MR) is 128 cm³/mol. The summed E-state index contributed by atoms with van der Waals surface area (Å²) in [4.78, 5) is 7.60. The molecule has 1 aliphatic rings. The Bertz CT molecular complexity index is 952. The van der Waals surface area contributed by atoms with E-state index < -0.39 is 0 Å². The number of halogens is 2. The van der Waals surface area contributed by atoms with Crippen LogP contribution in [0.3, 0.4) is 0 Å². The van der Waals surface area contributed by atoms with Crippen molar-refractivity contribution in [2.45, 2.75) is 66.0 Å². The van der Waals surface area contributed by atoms with Crippen LogP contribution in [0.5, 0.6) is 0 Å². The van der Waals surface area contributed by atoms with Gasteiger partial charge in [-0.25, -0.2) is 4.98 Å². The second kappa shape index (κ2) is 9.51. The molecule has 0 saturated heterocycles. The second-order valence-electron chi connectivity index (χ2n) is 9.05. The van der Waals surface area contributed by atoms with E-state index in [0.717, 1.165) is 17.6 Å². The Morgan fingerprint density at radius 2 is 1.76 bits per heavy atom. The lowest BCUT2D eigenvalue weighted by Gasteiger charge is -2.34. The van der Waals surface area contributed by atoms with Gasteiger partial charge >= 0.3 is 0 Å². The highest BCUT2D eigenvalue weighted by Crippen LogP contribution is 2.35. The van der Waals surface area contributed by atoms with E-state index in [1.165, 1.54) is 53.5 Å². The van der Waals surface area contributed by atoms with Gasteiger partial charge in [0.1, 0.15) is 0 Å². The number of aromatic amines is 1. The predicted octanol–water partition coefficient (Wildman–Crippen LogP) is 6.75. The van der Waals surface area contributed by atoms with E-state index in [1.807, 2.05) is 0 Å². The number of hydrogen-bond acceptors (Lipinski definition) is 2. The number of aryl methyl sites for hydroxylation is 2. The van der Waals surface area contributed by atoms with Crippen molar-refractivity contribution in [3.8, 4) is 11.1 Å². The summed E-state index contributed by atoms with van der Waals surface area (Å²) in [7, 11) is 0. The Morgan fingerprint density at radius 3 is 2.45 bits per heavy atom. The number of benzene rings is 2. The molecule has 0 unspecified atom stereocenters. The molecule has 2 N–H and O–H groups in total. The molecule has 4 rings (SSSR count). The molecule has 0 aliphatic heterocycles. The van der Waals surface area contributed by atoms with Crippen LogP contribution in [0.25, 0.3) is 22.2 Å². The minimum absolute atomic E-state index is 0. The van der Waals surface area contributed by atoms with Crippen LogP contribution in [-0.2, 0) is 6.54 Å². The van der Waals surface area contributed by atoms with Crippen molar-refractivity contribution in [3.05, 3.63) is 53.3 Å². The molecule has 1 aromatic heterocycles. The molecule has 29 heavy (non-hydrogen) atoms. The van der Waals surface area contributed by atoms with Gasteiger partial charge in [0.2, 0.25) is 0 Å². The standard InChI is InChI=1S/C24H31N3.2ClH/c1-16-11-18(21-13-23-22(12-17(21)2)26-15-27-23)5-6-19(16)14-25-20-7-9-24(3,4)10-8-20;;/h5-6,11-13,15,20,25H,7-10,14H2,1-4H3,(H,26,27);2*1H. The number of nitrogens with zero attached hydrogens (tertiary/aromatic N) is 1. The Morgan fingerprint density at radius 1 is 1.03 bits per heavy atom. The molecular weight excluding hydrogens is 401 g/mol. The normalized spacial score (nSPS) is 16.3. The smallest absolute Gasteiger partial charge is 0.0931 e. The van der Waals surface area contributed by atoms with Crippen LogP contribution in [0.15, 0.2) is 36.7 Å². The first-order valence-electron chi connectivity index (χ1n) is 10.2. The van der Waals surface area contributed by atoms with Crippen LogP contribution in [0, 0.1) is 19.3 Å². The van der Waals surface area contributed by atoms with Gasteiger partial charge in [0.25, 0.3) is 0 Å². The van der Waals surface area contributed by atoms with Crippen molar-refractivity contribution in [1.29, 1.82) is 0 Å². The average Bonchev–Trinajstić information content (AvgIpc) is 3.08. The van der Waals surface area contributed by atoms with E-state index in [1.54, 1.807) is 6.33 Å². The lowest BCUT2D eigenvalue weighted by atomic mass is 9.75. The highest BCUT2D eigenvalue weighted by molar-refractivity contribution is 5.86. The molecule has 1 fully saturated rings. The maximum atomic E-state index is 4.41. The number of hydrogen-bond donors (Lipinski definition) is 2. The van der Waals surface area contributed by atoms with Crippen molar-refractivity contribution < 1.29 is 0 Å². The summed E-state index contributed by atoms with van der Waals surface area (Å²) in [6, 6.07) is 11.9. The number of nitrogens with one attached hydrogen (secondary N) is 2. The molecule has 158 valence electrons. The number of imidazole rings is 1. The zero-order valence-electron chi connectivity index (χ0n) is 17.8. The fourth-order valence-electron chi connectivity index (χ4n) is 4.32. The molecule has 1 saturated carbocycles. The summed E-state index contributed by atoms with van der Waals surface area (Å²) < 4.78 is 0. The maximum absolute atomic E-state index is 4.41. The molecule has 1 aliphatic carbocycles. The van der Waals surface area contributed by atoms with Crippen LogP contribution in [0.2, 0.25) is 0 Å². The fraction of sp³-hybridized carbons (Fsp3) is 0.458. The summed E-state index contributed by atoms with van der Waals surface area (Å²) in [5.41, 5.74) is 9.25. The van der Waals surface area contributed by atoms with Gasteiger partial charge in [0, 0.05) is 12.6 Å². The van der Waals surface area contributed by atoms with Crippen molar-refractivity contribution in [3.63, 3.8) is 0 Å². The Balaban J connectivity index is 0.00000150. The average molecular weight is 434 g/mol. The zero-order chi connectivity index (χ0) is 19.0. The van der Waals surface area contributed by atoms with Gasteiger partial charge in [-0.1, -0.05) is 32.0 Å². The molecular formula is C24H33Cl2N3. The van der Waals surface area contributed by atoms with E-state index in [4.69, 9.17) is 0 Å². The van der Waals surface area contributed by atoms with Gasteiger partial charge in [-0.05, 0) is 84.9 Å². The third-order valence-electron chi connectivity index (χ3n) is 6.34. The number of fused-ring (bicyclic) bond motifs is 1. The molecule has 0 bridgehead atoms. The molecule has 0 amide bonds. The summed E-state index contributed by atoms with van der Waals surface area (Å²) >= 11 is 0. The molecule has 3 aromatic rings. The first-order valence-corrected chi connectivity index (χ1v) is 10.2. The largest absolute Gasteiger partial charge is 0.345 e. The number of aromatic nitrogens is 2.